The molecule has 1 aromatic heterocycles. The van der Waals surface area contributed by atoms with Crippen molar-refractivity contribution in [3.05, 3.63) is 84.2 Å². The number of benzene rings is 2. The van der Waals surface area contributed by atoms with Crippen LogP contribution in [0.3, 0.4) is 0 Å². The lowest BCUT2D eigenvalue weighted by Gasteiger charge is -2.36. The molecule has 1 saturated heterocycles. The van der Waals surface area contributed by atoms with Crippen LogP contribution in [0.4, 0.5) is 5.69 Å². The molecule has 2 heterocycles. The number of piperazine rings is 1. The highest BCUT2D eigenvalue weighted by atomic mass is 16.5. The molecule has 1 fully saturated rings. The van der Waals surface area contributed by atoms with Crippen LogP contribution in [-0.2, 0) is 11.3 Å². The van der Waals surface area contributed by atoms with E-state index in [2.05, 4.69) is 28.2 Å². The molecule has 1 aliphatic rings. The minimum Gasteiger partial charge on any atom is -0.495 e. The maximum absolute atomic E-state index is 12.6. The molecule has 0 aliphatic carbocycles. The molecule has 0 radical (unpaired) electrons. The highest BCUT2D eigenvalue weighted by Crippen LogP contribution is 2.28. The van der Waals surface area contributed by atoms with Gasteiger partial charge >= 0.3 is 0 Å². The molecule has 6 nitrogen and oxygen atoms in total. The van der Waals surface area contributed by atoms with Crippen molar-refractivity contribution in [2.75, 3.05) is 38.2 Å². The Balaban J connectivity index is 1.31. The van der Waals surface area contributed by atoms with Gasteiger partial charge in [-0.05, 0) is 23.8 Å². The van der Waals surface area contributed by atoms with Crippen molar-refractivity contribution in [1.82, 2.24) is 14.7 Å². The van der Waals surface area contributed by atoms with Crippen molar-refractivity contribution in [3.63, 3.8) is 0 Å². The van der Waals surface area contributed by atoms with E-state index < -0.39 is 0 Å². The van der Waals surface area contributed by atoms with Crippen molar-refractivity contribution in [2.24, 2.45) is 0 Å². The third-order valence-corrected chi connectivity index (χ3v) is 5.28. The number of amides is 1. The summed E-state index contributed by atoms with van der Waals surface area (Å²) in [6.07, 6.45) is 7.22. The van der Waals surface area contributed by atoms with Crippen LogP contribution < -0.4 is 9.64 Å². The molecule has 1 aliphatic heterocycles. The molecule has 3 aromatic rings. The van der Waals surface area contributed by atoms with E-state index in [0.717, 1.165) is 30.1 Å². The van der Waals surface area contributed by atoms with Gasteiger partial charge in [0.05, 0.1) is 25.5 Å². The predicted octanol–water partition coefficient (Wildman–Crippen LogP) is 3.30. The lowest BCUT2D eigenvalue weighted by Crippen LogP contribution is -2.48. The van der Waals surface area contributed by atoms with Gasteiger partial charge in [0.15, 0.2) is 0 Å². The van der Waals surface area contributed by atoms with Crippen LogP contribution in [0.15, 0.2) is 73.1 Å². The molecular formula is C24H26N4O2. The zero-order chi connectivity index (χ0) is 20.8. The van der Waals surface area contributed by atoms with Gasteiger partial charge in [-0.1, -0.05) is 42.5 Å². The van der Waals surface area contributed by atoms with Crippen molar-refractivity contribution in [3.8, 4) is 5.75 Å². The fraction of sp³-hybridized carbons (Fsp3) is 0.250. The van der Waals surface area contributed by atoms with Crippen LogP contribution >= 0.6 is 0 Å². The second kappa shape index (κ2) is 9.31. The molecular weight excluding hydrogens is 376 g/mol. The third-order valence-electron chi connectivity index (χ3n) is 5.28. The molecule has 0 spiro atoms. The molecule has 0 unspecified atom stereocenters. The number of para-hydroxylation sites is 2. The van der Waals surface area contributed by atoms with E-state index in [1.165, 1.54) is 5.56 Å². The van der Waals surface area contributed by atoms with Gasteiger partial charge < -0.3 is 14.5 Å². The molecule has 0 bridgehead atoms. The monoisotopic (exact) mass is 402 g/mol. The number of nitrogens with zero attached hydrogens (tertiary/aromatic N) is 4. The average molecular weight is 402 g/mol. The smallest absolute Gasteiger partial charge is 0.246 e. The van der Waals surface area contributed by atoms with E-state index in [-0.39, 0.29) is 5.91 Å². The maximum atomic E-state index is 12.6. The number of hydrogen-bond acceptors (Lipinski definition) is 4. The van der Waals surface area contributed by atoms with E-state index in [0.29, 0.717) is 19.6 Å². The highest BCUT2D eigenvalue weighted by molar-refractivity contribution is 5.91. The number of carbonyl (C=O) groups excluding carboxylic acids is 1. The summed E-state index contributed by atoms with van der Waals surface area (Å²) in [6, 6.07) is 18.2. The van der Waals surface area contributed by atoms with Gasteiger partial charge in [-0.3, -0.25) is 9.48 Å². The van der Waals surface area contributed by atoms with Gasteiger partial charge in [0.25, 0.3) is 0 Å². The minimum atomic E-state index is 0.0329. The SMILES string of the molecule is COc1ccccc1N1CCN(C(=O)/C=C/c2cnn(Cc3ccccc3)c2)CC1. The minimum absolute atomic E-state index is 0.0329. The standard InChI is InChI=1S/C24H26N4O2/c1-30-23-10-6-5-9-22(23)26-13-15-27(16-14-26)24(29)12-11-21-17-25-28(19-21)18-20-7-3-2-4-8-20/h2-12,17,19H,13-16,18H2,1H3/b12-11+. The Bertz CT molecular complexity index is 1000. The number of anilines is 1. The van der Waals surface area contributed by atoms with Crippen molar-refractivity contribution >= 4 is 17.7 Å². The Morgan fingerprint density at radius 1 is 1.03 bits per heavy atom. The van der Waals surface area contributed by atoms with Crippen LogP contribution in [-0.4, -0.2) is 53.9 Å². The first-order valence-corrected chi connectivity index (χ1v) is 10.1. The lowest BCUT2D eigenvalue weighted by molar-refractivity contribution is -0.126. The topological polar surface area (TPSA) is 50.6 Å². The van der Waals surface area contributed by atoms with Crippen molar-refractivity contribution in [1.29, 1.82) is 0 Å². The van der Waals surface area contributed by atoms with Crippen LogP contribution in [0.5, 0.6) is 5.75 Å². The van der Waals surface area contributed by atoms with E-state index in [4.69, 9.17) is 4.74 Å². The van der Waals surface area contributed by atoms with Gasteiger partial charge in [0.1, 0.15) is 5.75 Å². The first-order chi connectivity index (χ1) is 14.7. The van der Waals surface area contributed by atoms with Crippen molar-refractivity contribution in [2.45, 2.75) is 6.54 Å². The number of rotatable bonds is 6. The van der Waals surface area contributed by atoms with E-state index in [1.54, 1.807) is 19.4 Å². The molecule has 30 heavy (non-hydrogen) atoms. The molecule has 4 rings (SSSR count). The molecule has 0 N–H and O–H groups in total. The number of ether oxygens (including phenoxy) is 1. The summed E-state index contributed by atoms with van der Waals surface area (Å²) in [7, 11) is 1.69. The van der Waals surface area contributed by atoms with Crippen LogP contribution in [0.2, 0.25) is 0 Å². The summed E-state index contributed by atoms with van der Waals surface area (Å²) in [6.45, 7) is 3.67. The van der Waals surface area contributed by atoms with Gasteiger partial charge in [0, 0.05) is 44.0 Å². The Hall–Kier alpha value is -3.54. The Labute approximate surface area is 177 Å². The largest absolute Gasteiger partial charge is 0.495 e. The molecule has 6 heteroatoms. The second-order valence-corrected chi connectivity index (χ2v) is 7.27. The van der Waals surface area contributed by atoms with Gasteiger partial charge in [-0.15, -0.1) is 0 Å². The molecule has 1 amide bonds. The second-order valence-electron chi connectivity index (χ2n) is 7.27. The molecule has 0 saturated carbocycles. The van der Waals surface area contributed by atoms with Gasteiger partial charge in [-0.25, -0.2) is 0 Å². The van der Waals surface area contributed by atoms with Gasteiger partial charge in [-0.2, -0.15) is 5.10 Å². The Morgan fingerprint density at radius 2 is 1.77 bits per heavy atom. The highest BCUT2D eigenvalue weighted by Gasteiger charge is 2.21. The van der Waals surface area contributed by atoms with Crippen molar-refractivity contribution < 1.29 is 9.53 Å². The summed E-state index contributed by atoms with van der Waals surface area (Å²) in [5, 5.41) is 4.38. The number of aromatic nitrogens is 2. The van der Waals surface area contributed by atoms with E-state index >= 15 is 0 Å². The summed E-state index contributed by atoms with van der Waals surface area (Å²) < 4.78 is 7.34. The zero-order valence-electron chi connectivity index (χ0n) is 17.1. The van der Waals surface area contributed by atoms with Crippen LogP contribution in [0.1, 0.15) is 11.1 Å². The summed E-state index contributed by atoms with van der Waals surface area (Å²) >= 11 is 0. The first-order valence-electron chi connectivity index (χ1n) is 10.1. The molecule has 154 valence electrons. The first kappa shape index (κ1) is 19.8. The molecule has 0 atom stereocenters. The summed E-state index contributed by atoms with van der Waals surface area (Å²) in [4.78, 5) is 16.8. The van der Waals surface area contributed by atoms with Gasteiger partial charge in [0.2, 0.25) is 5.91 Å². The predicted molar refractivity (Wildman–Crippen MR) is 119 cm³/mol. The van der Waals surface area contributed by atoms with Crippen LogP contribution in [0.25, 0.3) is 6.08 Å². The Morgan fingerprint density at radius 3 is 2.53 bits per heavy atom. The number of carbonyl (C=O) groups is 1. The molecule has 2 aromatic carbocycles. The summed E-state index contributed by atoms with van der Waals surface area (Å²) in [5.74, 6) is 0.898. The fourth-order valence-corrected chi connectivity index (χ4v) is 3.65. The van der Waals surface area contributed by atoms with E-state index in [1.807, 2.05) is 58.3 Å². The Kier molecular flexibility index (Phi) is 6.13. The summed E-state index contributed by atoms with van der Waals surface area (Å²) in [5.41, 5.74) is 3.19. The fourth-order valence-electron chi connectivity index (χ4n) is 3.65. The van der Waals surface area contributed by atoms with Crippen LogP contribution in [0, 0.1) is 0 Å². The third kappa shape index (κ3) is 4.71. The number of methoxy groups -OCH3 is 1. The quantitative estimate of drug-likeness (QED) is 0.594. The zero-order valence-corrected chi connectivity index (χ0v) is 17.1. The number of hydrogen-bond donors (Lipinski definition) is 0. The maximum Gasteiger partial charge on any atom is 0.246 e. The average Bonchev–Trinajstić information content (AvgIpc) is 3.25. The lowest BCUT2D eigenvalue weighted by atomic mass is 10.2. The van der Waals surface area contributed by atoms with E-state index in [9.17, 15) is 4.79 Å². The normalized spacial score (nSPS) is 14.3.